The minimum atomic E-state index is 0.0716. The van der Waals surface area contributed by atoms with Crippen LogP contribution in [0.3, 0.4) is 0 Å². The quantitative estimate of drug-likeness (QED) is 0.844. The summed E-state index contributed by atoms with van der Waals surface area (Å²) in [6.45, 7) is 11.4. The summed E-state index contributed by atoms with van der Waals surface area (Å²) in [5.41, 5.74) is 1.08. The summed E-state index contributed by atoms with van der Waals surface area (Å²) in [5, 5.41) is 3.42. The zero-order chi connectivity index (χ0) is 13.6. The van der Waals surface area contributed by atoms with Crippen LogP contribution in [0.4, 0.5) is 0 Å². The molecule has 1 aromatic rings. The molecule has 1 unspecified atom stereocenters. The highest BCUT2D eigenvalue weighted by atomic mass is 16.5. The molecule has 0 aliphatic rings. The van der Waals surface area contributed by atoms with Gasteiger partial charge in [0.1, 0.15) is 6.33 Å². The van der Waals surface area contributed by atoms with Crippen molar-refractivity contribution >= 4 is 0 Å². The van der Waals surface area contributed by atoms with E-state index >= 15 is 0 Å². The van der Waals surface area contributed by atoms with Crippen LogP contribution in [0, 0.1) is 0 Å². The van der Waals surface area contributed by atoms with Crippen molar-refractivity contribution in [3.8, 4) is 5.88 Å². The maximum atomic E-state index is 5.86. The maximum absolute atomic E-state index is 5.86. The van der Waals surface area contributed by atoms with Crippen molar-refractivity contribution in [1.82, 2.24) is 15.3 Å². The molecule has 0 radical (unpaired) electrons. The van der Waals surface area contributed by atoms with Crippen LogP contribution in [0.1, 0.15) is 53.0 Å². The second-order valence-electron chi connectivity index (χ2n) is 5.67. The molecule has 1 N–H and O–H groups in total. The standard InChI is InChI=1S/C14H25N3O/c1-6-7-11(2)18-13-12(8-15-10-16-13)9-17-14(3,4)5/h8,10-11,17H,6-7,9H2,1-5H3. The van der Waals surface area contributed by atoms with E-state index in [4.69, 9.17) is 4.74 Å². The lowest BCUT2D eigenvalue weighted by Gasteiger charge is -2.21. The molecule has 1 rings (SSSR count). The van der Waals surface area contributed by atoms with Gasteiger partial charge in [0, 0.05) is 23.8 Å². The van der Waals surface area contributed by atoms with Gasteiger partial charge in [0.05, 0.1) is 6.10 Å². The molecule has 0 spiro atoms. The highest BCUT2D eigenvalue weighted by Gasteiger charge is 2.13. The van der Waals surface area contributed by atoms with E-state index in [0.29, 0.717) is 5.88 Å². The Kier molecular flexibility index (Phi) is 5.54. The van der Waals surface area contributed by atoms with Gasteiger partial charge >= 0.3 is 0 Å². The van der Waals surface area contributed by atoms with Crippen molar-refractivity contribution in [2.45, 2.75) is 65.6 Å². The van der Waals surface area contributed by atoms with Gasteiger partial charge in [0.25, 0.3) is 0 Å². The Bertz CT molecular complexity index is 360. The number of nitrogens with zero attached hydrogens (tertiary/aromatic N) is 2. The summed E-state index contributed by atoms with van der Waals surface area (Å²) < 4.78 is 5.86. The Balaban J connectivity index is 2.67. The highest BCUT2D eigenvalue weighted by Crippen LogP contribution is 2.17. The molecule has 0 fully saturated rings. The predicted octanol–water partition coefficient (Wildman–Crippen LogP) is 2.93. The first-order chi connectivity index (χ1) is 8.42. The second kappa shape index (κ2) is 6.69. The summed E-state index contributed by atoms with van der Waals surface area (Å²) in [7, 11) is 0. The SMILES string of the molecule is CCCC(C)Oc1ncncc1CNC(C)(C)C. The number of hydrogen-bond donors (Lipinski definition) is 1. The Morgan fingerprint density at radius 1 is 1.39 bits per heavy atom. The average Bonchev–Trinajstić information content (AvgIpc) is 2.27. The molecule has 0 amide bonds. The van der Waals surface area contributed by atoms with Gasteiger partial charge < -0.3 is 10.1 Å². The maximum Gasteiger partial charge on any atom is 0.221 e. The minimum Gasteiger partial charge on any atom is -0.474 e. The molecule has 0 aliphatic carbocycles. The summed E-state index contributed by atoms with van der Waals surface area (Å²) in [6.07, 6.45) is 5.70. The number of rotatable bonds is 6. The lowest BCUT2D eigenvalue weighted by Crippen LogP contribution is -2.35. The van der Waals surface area contributed by atoms with Crippen LogP contribution >= 0.6 is 0 Å². The van der Waals surface area contributed by atoms with E-state index in [-0.39, 0.29) is 11.6 Å². The number of ether oxygens (including phenoxy) is 1. The number of aromatic nitrogens is 2. The van der Waals surface area contributed by atoms with Crippen LogP contribution in [-0.2, 0) is 6.54 Å². The zero-order valence-electron chi connectivity index (χ0n) is 12.2. The van der Waals surface area contributed by atoms with Crippen LogP contribution in [-0.4, -0.2) is 21.6 Å². The molecule has 1 heterocycles. The monoisotopic (exact) mass is 251 g/mol. The normalized spacial score (nSPS) is 13.4. The molecule has 0 aromatic carbocycles. The van der Waals surface area contributed by atoms with Crippen LogP contribution in [0.2, 0.25) is 0 Å². The molecule has 0 aliphatic heterocycles. The van der Waals surface area contributed by atoms with E-state index in [1.807, 2.05) is 6.20 Å². The summed E-state index contributed by atoms with van der Waals surface area (Å²) in [5.74, 6) is 0.697. The average molecular weight is 251 g/mol. The van der Waals surface area contributed by atoms with Crippen molar-refractivity contribution in [1.29, 1.82) is 0 Å². The summed E-state index contributed by atoms with van der Waals surface area (Å²) in [4.78, 5) is 8.30. The lowest BCUT2D eigenvalue weighted by atomic mass is 10.1. The van der Waals surface area contributed by atoms with Gasteiger partial charge in [-0.1, -0.05) is 13.3 Å². The minimum absolute atomic E-state index is 0.0716. The molecule has 1 aromatic heterocycles. The molecule has 0 bridgehead atoms. The molecule has 0 saturated carbocycles. The van der Waals surface area contributed by atoms with Crippen molar-refractivity contribution < 1.29 is 4.74 Å². The van der Waals surface area contributed by atoms with Gasteiger partial charge in [0.2, 0.25) is 5.88 Å². The van der Waals surface area contributed by atoms with Crippen LogP contribution in [0.25, 0.3) is 0 Å². The second-order valence-corrected chi connectivity index (χ2v) is 5.67. The fourth-order valence-electron chi connectivity index (χ4n) is 1.59. The van der Waals surface area contributed by atoms with Crippen molar-refractivity contribution in [2.24, 2.45) is 0 Å². The van der Waals surface area contributed by atoms with E-state index in [9.17, 15) is 0 Å². The van der Waals surface area contributed by atoms with Crippen molar-refractivity contribution in [3.63, 3.8) is 0 Å². The van der Waals surface area contributed by atoms with E-state index in [1.54, 1.807) is 0 Å². The van der Waals surface area contributed by atoms with E-state index in [2.05, 4.69) is 49.9 Å². The molecule has 18 heavy (non-hydrogen) atoms. The smallest absolute Gasteiger partial charge is 0.221 e. The van der Waals surface area contributed by atoms with Gasteiger partial charge in [-0.15, -0.1) is 0 Å². The van der Waals surface area contributed by atoms with Gasteiger partial charge in [-0.25, -0.2) is 9.97 Å². The van der Waals surface area contributed by atoms with Crippen LogP contribution < -0.4 is 10.1 Å². The fraction of sp³-hybridized carbons (Fsp3) is 0.714. The fourth-order valence-corrected chi connectivity index (χ4v) is 1.59. The van der Waals surface area contributed by atoms with Gasteiger partial charge in [0.15, 0.2) is 0 Å². The van der Waals surface area contributed by atoms with Gasteiger partial charge in [-0.05, 0) is 34.1 Å². The first-order valence-corrected chi connectivity index (χ1v) is 6.63. The van der Waals surface area contributed by atoms with Gasteiger partial charge in [-0.2, -0.15) is 0 Å². The topological polar surface area (TPSA) is 47.0 Å². The molecular formula is C14H25N3O. The Morgan fingerprint density at radius 3 is 2.72 bits per heavy atom. The third kappa shape index (κ3) is 5.45. The zero-order valence-corrected chi connectivity index (χ0v) is 12.2. The molecule has 0 saturated heterocycles. The summed E-state index contributed by atoms with van der Waals surface area (Å²) in [6, 6.07) is 0. The van der Waals surface area contributed by atoms with E-state index < -0.39 is 0 Å². The molecular weight excluding hydrogens is 226 g/mol. The van der Waals surface area contributed by atoms with Gasteiger partial charge in [-0.3, -0.25) is 0 Å². The van der Waals surface area contributed by atoms with E-state index in [1.165, 1.54) is 6.33 Å². The van der Waals surface area contributed by atoms with Crippen LogP contribution in [0.5, 0.6) is 5.88 Å². The van der Waals surface area contributed by atoms with Crippen molar-refractivity contribution in [3.05, 3.63) is 18.1 Å². The lowest BCUT2D eigenvalue weighted by molar-refractivity contribution is 0.198. The number of hydrogen-bond acceptors (Lipinski definition) is 4. The van der Waals surface area contributed by atoms with Crippen molar-refractivity contribution in [2.75, 3.05) is 0 Å². The van der Waals surface area contributed by atoms with Crippen LogP contribution in [0.15, 0.2) is 12.5 Å². The molecule has 1 atom stereocenters. The predicted molar refractivity (Wildman–Crippen MR) is 73.6 cm³/mol. The molecule has 4 nitrogen and oxygen atoms in total. The first-order valence-electron chi connectivity index (χ1n) is 6.63. The Morgan fingerprint density at radius 2 is 2.11 bits per heavy atom. The number of nitrogens with one attached hydrogen (secondary N) is 1. The molecule has 4 heteroatoms. The molecule has 102 valence electrons. The Labute approximate surface area is 110 Å². The highest BCUT2D eigenvalue weighted by molar-refractivity contribution is 5.22. The third-order valence-corrected chi connectivity index (χ3v) is 2.56. The third-order valence-electron chi connectivity index (χ3n) is 2.56. The Hall–Kier alpha value is -1.16. The first kappa shape index (κ1) is 14.9. The summed E-state index contributed by atoms with van der Waals surface area (Å²) >= 11 is 0. The van der Waals surface area contributed by atoms with E-state index in [0.717, 1.165) is 24.9 Å². The largest absolute Gasteiger partial charge is 0.474 e.